The Morgan fingerprint density at radius 1 is 0.690 bits per heavy atom. The number of aliphatic hydroxyl groups is 8. The van der Waals surface area contributed by atoms with E-state index < -0.39 is 128 Å². The Kier molecular flexibility index (Phi) is 17.5. The van der Waals surface area contributed by atoms with E-state index in [1.807, 2.05) is 10.6 Å². The summed E-state index contributed by atoms with van der Waals surface area (Å²) in [5.41, 5.74) is 0. The van der Waals surface area contributed by atoms with Gasteiger partial charge in [0, 0.05) is 18.6 Å². The number of carboxylic acid groups (broad SMARTS) is 2. The lowest BCUT2D eigenvalue weighted by Gasteiger charge is -2.30. The number of carbonyl (C=O) groups excluding carboxylic acids is 4. The van der Waals surface area contributed by atoms with Crippen LogP contribution in [0, 0.1) is 11.8 Å². The molecule has 0 fully saturated rings. The molecule has 0 bridgehead atoms. The fourth-order valence-corrected chi connectivity index (χ4v) is 3.92. The summed E-state index contributed by atoms with van der Waals surface area (Å²) in [6, 6.07) is -4.26. The predicted octanol–water partition coefficient (Wildman–Crippen LogP) is -6.23. The predicted molar refractivity (Wildman–Crippen MR) is 140 cm³/mol. The Bertz CT molecular complexity index is 951. The second-order valence-corrected chi connectivity index (χ2v) is 9.88. The normalized spacial score (nSPS) is 18.6. The second-order valence-electron chi connectivity index (χ2n) is 9.51. The molecular formula is C23H38N2O16S. The van der Waals surface area contributed by atoms with Gasteiger partial charge in [0.25, 0.3) is 0 Å². The molecule has 0 aromatic heterocycles. The third-order valence-electron chi connectivity index (χ3n) is 6.14. The van der Waals surface area contributed by atoms with Crippen LogP contribution in [-0.2, 0) is 28.8 Å². The first-order chi connectivity index (χ1) is 19.4. The number of amides is 2. The Balaban J connectivity index is 5.99. The average Bonchev–Trinajstić information content (AvgIpc) is 2.93. The summed E-state index contributed by atoms with van der Waals surface area (Å²) in [6.07, 6.45) is -15.6. The van der Waals surface area contributed by atoms with Crippen LogP contribution in [0.5, 0.6) is 0 Å². The minimum atomic E-state index is -2.33. The number of aliphatic carboxylic acids is 2. The largest absolute Gasteiger partial charge is 0.481 e. The van der Waals surface area contributed by atoms with Crippen LogP contribution in [-0.4, -0.2) is 154 Å². The van der Waals surface area contributed by atoms with Gasteiger partial charge in [0.1, 0.15) is 48.4 Å². The van der Waals surface area contributed by atoms with Crippen molar-refractivity contribution in [3.05, 3.63) is 0 Å². The maximum Gasteiger partial charge on any atom is 0.326 e. The number of rotatable bonds is 21. The highest BCUT2D eigenvalue weighted by molar-refractivity contribution is 7.80. The summed E-state index contributed by atoms with van der Waals surface area (Å²) in [4.78, 5) is 73.0. The molecule has 0 aliphatic rings. The van der Waals surface area contributed by atoms with Crippen LogP contribution in [0.25, 0.3) is 0 Å². The molecule has 0 aromatic rings. The molecule has 2 amide bonds. The number of Topliss-reactive ketones (excluding diaryl/α,β-unsaturated/α-hetero) is 2. The highest BCUT2D eigenvalue weighted by Gasteiger charge is 2.40. The van der Waals surface area contributed by atoms with Crippen molar-refractivity contribution in [1.29, 1.82) is 0 Å². The molecule has 19 heteroatoms. The van der Waals surface area contributed by atoms with Crippen LogP contribution < -0.4 is 10.6 Å². The van der Waals surface area contributed by atoms with Crippen LogP contribution in [0.1, 0.15) is 26.2 Å². The van der Waals surface area contributed by atoms with Crippen LogP contribution >= 0.6 is 12.6 Å². The van der Waals surface area contributed by atoms with E-state index in [1.54, 1.807) is 0 Å². The molecule has 12 N–H and O–H groups in total. The number of aliphatic hydroxyl groups excluding tert-OH is 8. The number of carbonyl (C=O) groups is 6. The van der Waals surface area contributed by atoms with E-state index in [0.717, 1.165) is 6.92 Å². The first kappa shape index (κ1) is 39.2. The van der Waals surface area contributed by atoms with Crippen molar-refractivity contribution in [1.82, 2.24) is 10.6 Å². The lowest BCUT2D eigenvalue weighted by atomic mass is 9.89. The first-order valence-corrected chi connectivity index (χ1v) is 13.0. The molecule has 0 aliphatic carbocycles. The van der Waals surface area contributed by atoms with Crippen molar-refractivity contribution in [2.24, 2.45) is 11.8 Å². The van der Waals surface area contributed by atoms with Gasteiger partial charge in [0.15, 0.2) is 5.78 Å². The summed E-state index contributed by atoms with van der Waals surface area (Å²) >= 11 is 3.80. The second kappa shape index (κ2) is 18.7. The molecule has 0 aliphatic heterocycles. The SMILES string of the molecule is CC(=O)C[C@H](C(=O)N[C@@H](CC(=O)N[C@H](C(=O)C[C@@H](CS)C(=O)O)[C@@H](O)[C@H](O)[C@H](O)CO)C(=O)O)[C@@H](O)[C@H](O)[C@H](O)CO. The number of thiol groups is 1. The van der Waals surface area contributed by atoms with E-state index in [9.17, 15) is 69.6 Å². The maximum absolute atomic E-state index is 12.8. The van der Waals surface area contributed by atoms with Gasteiger partial charge < -0.3 is 66.5 Å². The lowest BCUT2D eigenvalue weighted by Crippen LogP contribution is -2.57. The summed E-state index contributed by atoms with van der Waals surface area (Å²) in [5, 5.41) is 100. The van der Waals surface area contributed by atoms with Gasteiger partial charge in [-0.2, -0.15) is 12.6 Å². The molecule has 10 atom stereocenters. The number of hydrogen-bond donors (Lipinski definition) is 13. The van der Waals surface area contributed by atoms with Crippen LogP contribution in [0.3, 0.4) is 0 Å². The standard InChI is InChI=1S/C23H38N2O16S/c1-8(28)2-10(17(33)18(34)13(30)5-26)21(37)24-11(23(40)41)4-15(32)25-16(20(36)19(35)14(31)6-27)12(29)3-9(7-42)22(38)39/h9-11,13-14,16-20,26-27,30-31,33-36,42H,2-7H2,1H3,(H,24,37)(H,25,32)(H,38,39)(H,40,41)/t9-,10-,11-,13+,14+,16+,17+,18+,19+,20+/m0/s1. The molecule has 0 spiro atoms. The molecule has 0 unspecified atom stereocenters. The van der Waals surface area contributed by atoms with E-state index in [0.29, 0.717) is 0 Å². The number of ketones is 2. The minimum Gasteiger partial charge on any atom is -0.481 e. The molecule has 242 valence electrons. The highest BCUT2D eigenvalue weighted by atomic mass is 32.1. The lowest BCUT2D eigenvalue weighted by molar-refractivity contribution is -0.149. The van der Waals surface area contributed by atoms with Crippen LogP contribution in [0.15, 0.2) is 0 Å². The summed E-state index contributed by atoms with van der Waals surface area (Å²) < 4.78 is 0. The monoisotopic (exact) mass is 630 g/mol. The van der Waals surface area contributed by atoms with E-state index in [4.69, 9.17) is 10.2 Å². The highest BCUT2D eigenvalue weighted by Crippen LogP contribution is 2.18. The van der Waals surface area contributed by atoms with Gasteiger partial charge in [-0.15, -0.1) is 0 Å². The van der Waals surface area contributed by atoms with E-state index in [2.05, 4.69) is 12.6 Å². The smallest absolute Gasteiger partial charge is 0.326 e. The first-order valence-electron chi connectivity index (χ1n) is 12.4. The van der Waals surface area contributed by atoms with E-state index in [-0.39, 0.29) is 5.75 Å². The molecule has 0 saturated heterocycles. The molecular weight excluding hydrogens is 592 g/mol. The molecule has 42 heavy (non-hydrogen) atoms. The van der Waals surface area contributed by atoms with E-state index in [1.165, 1.54) is 0 Å². The molecule has 0 heterocycles. The van der Waals surface area contributed by atoms with Crippen molar-refractivity contribution in [3.8, 4) is 0 Å². The Hall–Kier alpha value is -2.75. The van der Waals surface area contributed by atoms with Crippen LogP contribution in [0.2, 0.25) is 0 Å². The van der Waals surface area contributed by atoms with Crippen molar-refractivity contribution >= 4 is 47.9 Å². The van der Waals surface area contributed by atoms with Gasteiger partial charge in [0.2, 0.25) is 11.8 Å². The Labute approximate surface area is 244 Å². The quantitative estimate of drug-likeness (QED) is 0.0524. The Morgan fingerprint density at radius 2 is 1.19 bits per heavy atom. The van der Waals surface area contributed by atoms with Gasteiger partial charge in [-0.25, -0.2) is 4.79 Å². The van der Waals surface area contributed by atoms with E-state index >= 15 is 0 Å². The molecule has 0 rings (SSSR count). The van der Waals surface area contributed by atoms with Gasteiger partial charge in [-0.1, -0.05) is 0 Å². The molecule has 18 nitrogen and oxygen atoms in total. The van der Waals surface area contributed by atoms with Gasteiger partial charge in [-0.05, 0) is 6.92 Å². The van der Waals surface area contributed by atoms with Gasteiger partial charge >= 0.3 is 11.9 Å². The zero-order valence-corrected chi connectivity index (χ0v) is 23.3. The third kappa shape index (κ3) is 12.2. The molecule has 0 saturated carbocycles. The maximum atomic E-state index is 12.8. The summed E-state index contributed by atoms with van der Waals surface area (Å²) in [6.45, 7) is -1.13. The average molecular weight is 631 g/mol. The topological polar surface area (TPSA) is 329 Å². The van der Waals surface area contributed by atoms with Crippen molar-refractivity contribution in [2.75, 3.05) is 19.0 Å². The van der Waals surface area contributed by atoms with Crippen LogP contribution in [0.4, 0.5) is 0 Å². The number of nitrogens with one attached hydrogen (secondary N) is 2. The Morgan fingerprint density at radius 3 is 1.60 bits per heavy atom. The summed E-state index contributed by atoms with van der Waals surface area (Å²) in [5.74, 6) is -11.6. The van der Waals surface area contributed by atoms with Crippen molar-refractivity contribution in [3.63, 3.8) is 0 Å². The molecule has 0 aromatic carbocycles. The number of hydrogen-bond acceptors (Lipinski definition) is 15. The van der Waals surface area contributed by atoms with Crippen molar-refractivity contribution < 1.29 is 79.8 Å². The minimum absolute atomic E-state index is 0.357. The van der Waals surface area contributed by atoms with Gasteiger partial charge in [0.05, 0.1) is 37.6 Å². The zero-order chi connectivity index (χ0) is 32.9. The zero-order valence-electron chi connectivity index (χ0n) is 22.4. The fourth-order valence-electron chi connectivity index (χ4n) is 3.64. The molecule has 0 radical (unpaired) electrons. The third-order valence-corrected chi connectivity index (χ3v) is 6.59. The van der Waals surface area contributed by atoms with Crippen molar-refractivity contribution in [2.45, 2.75) is 74.9 Å². The fraction of sp³-hybridized carbons (Fsp3) is 0.739. The van der Waals surface area contributed by atoms with Gasteiger partial charge in [-0.3, -0.25) is 19.2 Å². The summed E-state index contributed by atoms with van der Waals surface area (Å²) in [7, 11) is 0. The number of carboxylic acids is 2.